The molecule has 7 nitrogen and oxygen atoms in total. The molecule has 35 heavy (non-hydrogen) atoms. The monoisotopic (exact) mass is 510 g/mol. The number of morpholine rings is 1. The zero-order valence-electron chi connectivity index (χ0n) is 18.8. The number of hydrogen-bond acceptors (Lipinski definition) is 6. The van der Waals surface area contributed by atoms with Crippen LogP contribution in [0.2, 0.25) is 0 Å². The Balaban J connectivity index is 2.07. The summed E-state index contributed by atoms with van der Waals surface area (Å²) in [6.45, 7) is 4.06. The number of ether oxygens (including phenoxy) is 1. The van der Waals surface area contributed by atoms with Gasteiger partial charge in [0.25, 0.3) is 0 Å². The van der Waals surface area contributed by atoms with Crippen molar-refractivity contribution in [3.8, 4) is 22.4 Å². The van der Waals surface area contributed by atoms with Gasteiger partial charge in [0.2, 0.25) is 15.8 Å². The highest BCUT2D eigenvalue weighted by atomic mass is 32.2. The molecule has 4 rings (SSSR count). The van der Waals surface area contributed by atoms with Crippen LogP contribution in [0.25, 0.3) is 22.4 Å². The van der Waals surface area contributed by atoms with Crippen LogP contribution in [-0.4, -0.2) is 43.7 Å². The molecule has 1 saturated heterocycles. The summed E-state index contributed by atoms with van der Waals surface area (Å²) in [5.41, 5.74) is 0.481. The Bertz CT molecular complexity index is 1340. The average Bonchev–Trinajstić information content (AvgIpc) is 2.77. The number of anilines is 1. The van der Waals surface area contributed by atoms with E-state index < -0.39 is 27.8 Å². The predicted molar refractivity (Wildman–Crippen MR) is 121 cm³/mol. The number of primary sulfonamides is 1. The Morgan fingerprint density at radius 3 is 2.20 bits per heavy atom. The van der Waals surface area contributed by atoms with Crippen molar-refractivity contribution in [2.24, 2.45) is 5.14 Å². The third-order valence-corrected chi connectivity index (χ3v) is 6.34. The fourth-order valence-corrected chi connectivity index (χ4v) is 4.63. The van der Waals surface area contributed by atoms with Gasteiger partial charge in [0.05, 0.1) is 28.4 Å². The molecule has 0 spiro atoms. The molecule has 2 atom stereocenters. The first-order chi connectivity index (χ1) is 16.3. The van der Waals surface area contributed by atoms with Gasteiger partial charge >= 0.3 is 6.18 Å². The second kappa shape index (κ2) is 9.17. The molecule has 0 radical (unpaired) electrons. The SMILES string of the molecule is CC1CN(c2nc(C(F)(F)F)nc(-c3ccc(F)cc3)c2-c2cccc(S(N)(=O)=O)c2)CC(C)O1. The van der Waals surface area contributed by atoms with Crippen molar-refractivity contribution in [3.05, 3.63) is 60.2 Å². The molecular formula is C23H22F4N4O3S. The number of benzene rings is 2. The molecule has 2 heterocycles. The lowest BCUT2D eigenvalue weighted by Gasteiger charge is -2.37. The fourth-order valence-electron chi connectivity index (χ4n) is 4.07. The van der Waals surface area contributed by atoms with Crippen LogP contribution in [0.1, 0.15) is 19.7 Å². The van der Waals surface area contributed by atoms with Gasteiger partial charge in [-0.2, -0.15) is 13.2 Å². The largest absolute Gasteiger partial charge is 0.451 e. The highest BCUT2D eigenvalue weighted by molar-refractivity contribution is 7.89. The first kappa shape index (κ1) is 25.0. The van der Waals surface area contributed by atoms with Crippen LogP contribution >= 0.6 is 0 Å². The summed E-state index contributed by atoms with van der Waals surface area (Å²) in [6.07, 6.45) is -5.48. The number of nitrogens with two attached hydrogens (primary N) is 1. The molecule has 1 aliphatic heterocycles. The molecule has 0 bridgehead atoms. The number of rotatable bonds is 4. The molecule has 0 saturated carbocycles. The zero-order chi connectivity index (χ0) is 25.5. The molecule has 186 valence electrons. The summed E-state index contributed by atoms with van der Waals surface area (Å²) in [4.78, 5) is 9.12. The molecule has 2 unspecified atom stereocenters. The number of aromatic nitrogens is 2. The highest BCUT2D eigenvalue weighted by Gasteiger charge is 2.38. The second-order valence-corrected chi connectivity index (χ2v) is 9.90. The van der Waals surface area contributed by atoms with Crippen LogP contribution in [0, 0.1) is 5.82 Å². The van der Waals surface area contributed by atoms with Crippen LogP contribution in [0.4, 0.5) is 23.4 Å². The van der Waals surface area contributed by atoms with Gasteiger partial charge in [0.1, 0.15) is 11.6 Å². The minimum Gasteiger partial charge on any atom is -0.372 e. The molecular weight excluding hydrogens is 488 g/mol. The van der Waals surface area contributed by atoms with Crippen molar-refractivity contribution in [3.63, 3.8) is 0 Å². The molecule has 0 aliphatic carbocycles. The molecule has 1 aliphatic rings. The first-order valence-electron chi connectivity index (χ1n) is 10.6. The predicted octanol–water partition coefficient (Wildman–Crippen LogP) is 4.23. The average molecular weight is 511 g/mol. The number of sulfonamides is 1. The summed E-state index contributed by atoms with van der Waals surface area (Å²) >= 11 is 0. The zero-order valence-corrected chi connectivity index (χ0v) is 19.6. The number of alkyl halides is 3. The van der Waals surface area contributed by atoms with Crippen LogP contribution < -0.4 is 10.0 Å². The van der Waals surface area contributed by atoms with Gasteiger partial charge < -0.3 is 9.64 Å². The maximum absolute atomic E-state index is 13.9. The van der Waals surface area contributed by atoms with Gasteiger partial charge in [0.15, 0.2) is 0 Å². The Morgan fingerprint density at radius 2 is 1.63 bits per heavy atom. The maximum Gasteiger partial charge on any atom is 0.451 e. The maximum atomic E-state index is 13.9. The summed E-state index contributed by atoms with van der Waals surface area (Å²) < 4.78 is 85.0. The van der Waals surface area contributed by atoms with E-state index in [0.29, 0.717) is 0 Å². The molecule has 1 fully saturated rings. The Kier molecular flexibility index (Phi) is 6.56. The van der Waals surface area contributed by atoms with Crippen molar-refractivity contribution in [2.75, 3.05) is 18.0 Å². The van der Waals surface area contributed by atoms with Gasteiger partial charge in [-0.25, -0.2) is 27.9 Å². The van der Waals surface area contributed by atoms with E-state index in [9.17, 15) is 26.0 Å². The molecule has 3 aromatic rings. The van der Waals surface area contributed by atoms with Gasteiger partial charge in [-0.15, -0.1) is 0 Å². The Labute approximate surface area is 199 Å². The van der Waals surface area contributed by atoms with Gasteiger partial charge in [0, 0.05) is 18.7 Å². The third kappa shape index (κ3) is 5.44. The lowest BCUT2D eigenvalue weighted by molar-refractivity contribution is -0.144. The van der Waals surface area contributed by atoms with E-state index in [0.717, 1.165) is 12.1 Å². The van der Waals surface area contributed by atoms with Crippen molar-refractivity contribution in [1.29, 1.82) is 0 Å². The van der Waals surface area contributed by atoms with E-state index in [1.54, 1.807) is 18.7 Å². The van der Waals surface area contributed by atoms with E-state index in [1.807, 2.05) is 0 Å². The van der Waals surface area contributed by atoms with Gasteiger partial charge in [-0.1, -0.05) is 12.1 Å². The van der Waals surface area contributed by atoms with E-state index in [-0.39, 0.29) is 58.4 Å². The van der Waals surface area contributed by atoms with Crippen molar-refractivity contribution in [2.45, 2.75) is 37.1 Å². The standard InChI is InChI=1S/C23H22F4N4O3S/c1-13-11-31(12-14(2)34-13)21-19(16-4-3-5-18(10-16)35(28,32)33)20(15-6-8-17(24)9-7-15)29-22(30-21)23(25,26)27/h3-10,13-14H,11-12H2,1-2H3,(H2,28,32,33). The van der Waals surface area contributed by atoms with Crippen molar-refractivity contribution < 1.29 is 30.7 Å². The molecule has 0 amide bonds. The molecule has 1 aromatic heterocycles. The quantitative estimate of drug-likeness (QED) is 0.528. The smallest absolute Gasteiger partial charge is 0.372 e. The number of halogens is 4. The highest BCUT2D eigenvalue weighted by Crippen LogP contribution is 2.41. The van der Waals surface area contributed by atoms with Crippen LogP contribution in [-0.2, 0) is 20.9 Å². The second-order valence-electron chi connectivity index (χ2n) is 8.33. The van der Waals surface area contributed by atoms with Crippen molar-refractivity contribution in [1.82, 2.24) is 9.97 Å². The minimum atomic E-state index is -4.87. The third-order valence-electron chi connectivity index (χ3n) is 5.43. The van der Waals surface area contributed by atoms with Gasteiger partial charge in [-0.05, 0) is 55.8 Å². The Hall–Kier alpha value is -3.09. The van der Waals surface area contributed by atoms with Crippen LogP contribution in [0.15, 0.2) is 53.4 Å². The van der Waals surface area contributed by atoms with E-state index in [2.05, 4.69) is 9.97 Å². The fraction of sp³-hybridized carbons (Fsp3) is 0.304. The number of hydrogen-bond donors (Lipinski definition) is 1. The lowest BCUT2D eigenvalue weighted by Crippen LogP contribution is -2.46. The van der Waals surface area contributed by atoms with Crippen molar-refractivity contribution >= 4 is 15.8 Å². The topological polar surface area (TPSA) is 98.4 Å². The summed E-state index contributed by atoms with van der Waals surface area (Å²) in [5.74, 6) is -1.99. The van der Waals surface area contributed by atoms with E-state index in [4.69, 9.17) is 9.88 Å². The first-order valence-corrected chi connectivity index (χ1v) is 12.2. The van der Waals surface area contributed by atoms with Gasteiger partial charge in [-0.3, -0.25) is 0 Å². The number of nitrogens with zero attached hydrogens (tertiary/aromatic N) is 3. The molecule has 12 heteroatoms. The van der Waals surface area contributed by atoms with Crippen LogP contribution in [0.3, 0.4) is 0 Å². The molecule has 2 aromatic carbocycles. The van der Waals surface area contributed by atoms with Crippen LogP contribution in [0.5, 0.6) is 0 Å². The normalized spacial score (nSPS) is 19.1. The lowest BCUT2D eigenvalue weighted by atomic mass is 9.98. The summed E-state index contributed by atoms with van der Waals surface area (Å²) in [7, 11) is -4.11. The minimum absolute atomic E-state index is 0.0415. The summed E-state index contributed by atoms with van der Waals surface area (Å²) in [5, 5.41) is 5.29. The van der Waals surface area contributed by atoms with E-state index in [1.165, 1.54) is 36.4 Å². The van der Waals surface area contributed by atoms with E-state index >= 15 is 0 Å². The summed E-state index contributed by atoms with van der Waals surface area (Å²) in [6, 6.07) is 10.3. The molecule has 2 N–H and O–H groups in total. The Morgan fingerprint density at radius 1 is 1.00 bits per heavy atom.